The highest BCUT2D eigenvalue weighted by Crippen LogP contribution is 2.35. The molecule has 6 heteroatoms. The fraction of sp³-hybridized carbons (Fsp3) is 0.417. The molecule has 1 unspecified atom stereocenters. The number of ether oxygens (including phenoxy) is 1. The van der Waals surface area contributed by atoms with Gasteiger partial charge in [-0.15, -0.1) is 0 Å². The largest absolute Gasteiger partial charge is 0.416 e. The highest BCUT2D eigenvalue weighted by molar-refractivity contribution is 6.30. The maximum atomic E-state index is 12.6. The molecule has 0 spiro atoms. The average molecular weight is 279 g/mol. The third-order valence-corrected chi connectivity index (χ3v) is 2.95. The molecular weight excluding hydrogens is 269 g/mol. The van der Waals surface area contributed by atoms with Crippen LogP contribution in [0.4, 0.5) is 13.2 Å². The van der Waals surface area contributed by atoms with Crippen LogP contribution >= 0.6 is 11.6 Å². The smallest absolute Gasteiger partial charge is 0.373 e. The lowest BCUT2D eigenvalue weighted by molar-refractivity contribution is -0.137. The number of rotatable bonds is 1. The van der Waals surface area contributed by atoms with Gasteiger partial charge in [0.1, 0.15) is 5.78 Å². The fourth-order valence-corrected chi connectivity index (χ4v) is 2.10. The molecule has 0 N–H and O–H groups in total. The highest BCUT2D eigenvalue weighted by atomic mass is 35.5. The van der Waals surface area contributed by atoms with E-state index in [0.717, 1.165) is 12.1 Å². The molecule has 1 aliphatic rings. The molecular formula is C12H10ClF3O2. The van der Waals surface area contributed by atoms with Gasteiger partial charge in [0.15, 0.2) is 0 Å². The van der Waals surface area contributed by atoms with Gasteiger partial charge in [-0.25, -0.2) is 0 Å². The van der Waals surface area contributed by atoms with Crippen LogP contribution in [0.2, 0.25) is 5.02 Å². The third-order valence-electron chi connectivity index (χ3n) is 2.73. The van der Waals surface area contributed by atoms with Gasteiger partial charge in [-0.2, -0.15) is 13.2 Å². The van der Waals surface area contributed by atoms with Crippen molar-refractivity contribution < 1.29 is 22.7 Å². The number of Topliss-reactive ketones (excluding diaryl/α,β-unsaturated/α-hetero) is 1. The predicted octanol–water partition coefficient (Wildman–Crippen LogP) is 3.78. The second-order valence-corrected chi connectivity index (χ2v) is 4.56. The second kappa shape index (κ2) is 4.90. The molecule has 2 rings (SSSR count). The van der Waals surface area contributed by atoms with Gasteiger partial charge in [-0.05, 0) is 23.8 Å². The Kier molecular flexibility index (Phi) is 3.64. The molecule has 0 aliphatic carbocycles. The van der Waals surface area contributed by atoms with Crippen molar-refractivity contribution >= 4 is 17.4 Å². The van der Waals surface area contributed by atoms with Crippen molar-refractivity contribution in [2.45, 2.75) is 25.1 Å². The first-order valence-electron chi connectivity index (χ1n) is 5.37. The summed E-state index contributed by atoms with van der Waals surface area (Å²) in [4.78, 5) is 11.3. The van der Waals surface area contributed by atoms with Crippen LogP contribution < -0.4 is 0 Å². The Hall–Kier alpha value is -1.07. The van der Waals surface area contributed by atoms with E-state index in [1.807, 2.05) is 0 Å². The van der Waals surface area contributed by atoms with Gasteiger partial charge in [0, 0.05) is 17.9 Å². The topological polar surface area (TPSA) is 26.3 Å². The Bertz CT molecular complexity index is 471. The van der Waals surface area contributed by atoms with Gasteiger partial charge >= 0.3 is 6.18 Å². The molecule has 2 nitrogen and oxygen atoms in total. The Morgan fingerprint density at radius 2 is 2.00 bits per heavy atom. The van der Waals surface area contributed by atoms with Gasteiger partial charge < -0.3 is 4.74 Å². The number of hydrogen-bond acceptors (Lipinski definition) is 2. The molecule has 0 aromatic heterocycles. The van der Waals surface area contributed by atoms with E-state index in [1.165, 1.54) is 6.07 Å². The van der Waals surface area contributed by atoms with Crippen LogP contribution in [0.1, 0.15) is 30.1 Å². The van der Waals surface area contributed by atoms with E-state index in [9.17, 15) is 18.0 Å². The van der Waals surface area contributed by atoms with Crippen LogP contribution in [0, 0.1) is 0 Å². The van der Waals surface area contributed by atoms with Crippen molar-refractivity contribution in [3.05, 3.63) is 34.3 Å². The summed E-state index contributed by atoms with van der Waals surface area (Å²) in [6.07, 6.45) is -4.69. The van der Waals surface area contributed by atoms with Crippen LogP contribution in [-0.4, -0.2) is 12.4 Å². The van der Waals surface area contributed by atoms with Gasteiger partial charge in [0.05, 0.1) is 18.3 Å². The molecule has 98 valence electrons. The minimum absolute atomic E-state index is 0.0125. The van der Waals surface area contributed by atoms with Crippen LogP contribution in [0.5, 0.6) is 0 Å². The van der Waals surface area contributed by atoms with Crippen molar-refractivity contribution in [3.8, 4) is 0 Å². The molecule has 1 atom stereocenters. The first kappa shape index (κ1) is 13.4. The first-order chi connectivity index (χ1) is 8.36. The minimum atomic E-state index is -4.46. The van der Waals surface area contributed by atoms with Crippen LogP contribution in [-0.2, 0) is 15.7 Å². The zero-order valence-corrected chi connectivity index (χ0v) is 10.0. The predicted molar refractivity (Wildman–Crippen MR) is 59.4 cm³/mol. The molecule has 0 amide bonds. The molecule has 0 saturated carbocycles. The van der Waals surface area contributed by atoms with Crippen molar-refractivity contribution in [2.24, 2.45) is 0 Å². The summed E-state index contributed by atoms with van der Waals surface area (Å²) in [6.45, 7) is 0.233. The third kappa shape index (κ3) is 3.03. The van der Waals surface area contributed by atoms with E-state index in [0.29, 0.717) is 12.0 Å². The van der Waals surface area contributed by atoms with E-state index >= 15 is 0 Å². The molecule has 1 aliphatic heterocycles. The summed E-state index contributed by atoms with van der Waals surface area (Å²) < 4.78 is 43.2. The molecule has 1 saturated heterocycles. The SMILES string of the molecule is O=C1CCOC(c2cc(Cl)cc(C(F)(F)F)c2)C1. The summed E-state index contributed by atoms with van der Waals surface area (Å²) in [7, 11) is 0. The lowest BCUT2D eigenvalue weighted by atomic mass is 9.99. The second-order valence-electron chi connectivity index (χ2n) is 4.12. The van der Waals surface area contributed by atoms with Crippen molar-refractivity contribution in [2.75, 3.05) is 6.61 Å². The number of halogens is 4. The van der Waals surface area contributed by atoms with Gasteiger partial charge in [0.2, 0.25) is 0 Å². The normalized spacial score (nSPS) is 21.1. The Morgan fingerprint density at radius 3 is 2.61 bits per heavy atom. The number of carbonyl (C=O) groups excluding carboxylic acids is 1. The standard InChI is InChI=1S/C12H10ClF3O2/c13-9-4-7(3-8(5-9)12(14,15)16)11-6-10(17)1-2-18-11/h3-5,11H,1-2,6H2. The summed E-state index contributed by atoms with van der Waals surface area (Å²) >= 11 is 5.67. The summed E-state index contributed by atoms with van der Waals surface area (Å²) in [5.74, 6) is -0.0141. The number of alkyl halides is 3. The molecule has 1 aromatic rings. The van der Waals surface area contributed by atoms with Crippen LogP contribution in [0.25, 0.3) is 0 Å². The maximum Gasteiger partial charge on any atom is 0.416 e. The number of benzene rings is 1. The summed E-state index contributed by atoms with van der Waals surface area (Å²) in [5.41, 5.74) is -0.533. The Morgan fingerprint density at radius 1 is 1.28 bits per heavy atom. The van der Waals surface area contributed by atoms with E-state index in [2.05, 4.69) is 0 Å². The average Bonchev–Trinajstić information content (AvgIpc) is 2.27. The Balaban J connectivity index is 2.33. The molecule has 0 radical (unpaired) electrons. The van der Waals surface area contributed by atoms with Gasteiger partial charge in [0.25, 0.3) is 0 Å². The van der Waals surface area contributed by atoms with E-state index < -0.39 is 17.8 Å². The van der Waals surface area contributed by atoms with E-state index in [-0.39, 0.29) is 23.8 Å². The van der Waals surface area contributed by atoms with E-state index in [4.69, 9.17) is 16.3 Å². The monoisotopic (exact) mass is 278 g/mol. The zero-order valence-electron chi connectivity index (χ0n) is 9.26. The Labute approximate surface area is 107 Å². The van der Waals surface area contributed by atoms with Crippen molar-refractivity contribution in [1.29, 1.82) is 0 Å². The maximum absolute atomic E-state index is 12.6. The van der Waals surface area contributed by atoms with Crippen molar-refractivity contribution in [3.63, 3.8) is 0 Å². The lowest BCUT2D eigenvalue weighted by Gasteiger charge is -2.23. The van der Waals surface area contributed by atoms with E-state index in [1.54, 1.807) is 0 Å². The minimum Gasteiger partial charge on any atom is -0.373 e. The highest BCUT2D eigenvalue weighted by Gasteiger charge is 2.32. The molecule has 1 heterocycles. The summed E-state index contributed by atoms with van der Waals surface area (Å²) in [6, 6.07) is 3.24. The number of hydrogen-bond donors (Lipinski definition) is 0. The quantitative estimate of drug-likeness (QED) is 0.781. The number of ketones is 1. The molecule has 1 aromatic carbocycles. The molecule has 1 fully saturated rings. The first-order valence-corrected chi connectivity index (χ1v) is 5.75. The zero-order chi connectivity index (χ0) is 13.3. The van der Waals surface area contributed by atoms with Gasteiger partial charge in [-0.1, -0.05) is 11.6 Å². The van der Waals surface area contributed by atoms with Crippen molar-refractivity contribution in [1.82, 2.24) is 0 Å². The number of carbonyl (C=O) groups is 1. The molecule has 18 heavy (non-hydrogen) atoms. The van der Waals surface area contributed by atoms with Gasteiger partial charge in [-0.3, -0.25) is 4.79 Å². The summed E-state index contributed by atoms with van der Waals surface area (Å²) in [5, 5.41) is -0.0125. The van der Waals surface area contributed by atoms with Crippen LogP contribution in [0.15, 0.2) is 18.2 Å². The lowest BCUT2D eigenvalue weighted by Crippen LogP contribution is -2.20. The van der Waals surface area contributed by atoms with Crippen LogP contribution in [0.3, 0.4) is 0 Å². The molecule has 0 bridgehead atoms. The fourth-order valence-electron chi connectivity index (χ4n) is 1.86.